The van der Waals surface area contributed by atoms with Gasteiger partial charge >= 0.3 is 0 Å². The Hall–Kier alpha value is -1.84. The lowest BCUT2D eigenvalue weighted by atomic mass is 9.49. The fourth-order valence-electron chi connectivity index (χ4n) is 6.29. The monoisotopic (exact) mass is 324 g/mol. The first kappa shape index (κ1) is 14.5. The number of nitrogens with one attached hydrogen (secondary N) is 1. The molecule has 1 N–H and O–H groups in total. The first-order valence-corrected chi connectivity index (χ1v) is 9.23. The van der Waals surface area contributed by atoms with Gasteiger partial charge in [-0.3, -0.25) is 9.59 Å². The summed E-state index contributed by atoms with van der Waals surface area (Å²) < 4.78 is 0. The van der Waals surface area contributed by atoms with Crippen molar-refractivity contribution in [2.45, 2.75) is 44.6 Å². The van der Waals surface area contributed by atoms with Crippen LogP contribution < -0.4 is 10.2 Å². The maximum Gasteiger partial charge on any atom is 0.254 e. The molecule has 4 heteroatoms. The molecule has 2 amide bonds. The Labute approximate surface area is 142 Å². The molecule has 126 valence electrons. The normalized spacial score (nSPS) is 39.2. The van der Waals surface area contributed by atoms with Gasteiger partial charge in [0.05, 0.1) is 0 Å². The molecule has 0 saturated heterocycles. The van der Waals surface area contributed by atoms with E-state index in [4.69, 9.17) is 0 Å². The van der Waals surface area contributed by atoms with Gasteiger partial charge in [-0.05, 0) is 62.3 Å². The number of rotatable bonds is 2. The molecular formula is C20H24N2O2. The average molecular weight is 324 g/mol. The molecule has 0 aromatic heterocycles. The van der Waals surface area contributed by atoms with Crippen molar-refractivity contribution in [1.82, 2.24) is 5.32 Å². The molecule has 1 atom stereocenters. The maximum atomic E-state index is 13.2. The van der Waals surface area contributed by atoms with Crippen molar-refractivity contribution < 1.29 is 9.59 Å². The van der Waals surface area contributed by atoms with E-state index < -0.39 is 6.04 Å². The molecule has 0 spiro atoms. The number of para-hydroxylation sites is 1. The standard InChI is InChI=1S/C20H24N2O2/c1-22-16-5-3-2-4-15(16)17(18(22)23)21-19(24)20-9-12-6-13(10-20)8-14(7-12)11-20/h2-5,12-14,17H,6-11H2,1H3,(H,21,24)/t12?,13?,14?,17-,20?/m1/s1. The molecule has 4 nitrogen and oxygen atoms in total. The third-order valence-corrected chi connectivity index (χ3v) is 6.98. The van der Waals surface area contributed by atoms with Crippen molar-refractivity contribution in [3.8, 4) is 0 Å². The van der Waals surface area contributed by atoms with E-state index in [1.807, 2.05) is 24.3 Å². The third kappa shape index (κ3) is 1.92. The van der Waals surface area contributed by atoms with Gasteiger partial charge in [0, 0.05) is 23.7 Å². The fraction of sp³-hybridized carbons (Fsp3) is 0.600. The summed E-state index contributed by atoms with van der Waals surface area (Å²) in [5.74, 6) is 2.31. The van der Waals surface area contributed by atoms with Crippen molar-refractivity contribution in [2.24, 2.45) is 23.2 Å². The lowest BCUT2D eigenvalue weighted by Gasteiger charge is -2.55. The summed E-state index contributed by atoms with van der Waals surface area (Å²) in [4.78, 5) is 27.5. The second-order valence-electron chi connectivity index (χ2n) is 8.56. The second kappa shape index (κ2) is 4.84. The van der Waals surface area contributed by atoms with Gasteiger partial charge in [0.15, 0.2) is 0 Å². The molecule has 1 aromatic rings. The Morgan fingerprint density at radius 3 is 2.29 bits per heavy atom. The number of anilines is 1. The summed E-state index contributed by atoms with van der Waals surface area (Å²) in [5, 5.41) is 3.14. The van der Waals surface area contributed by atoms with Crippen LogP contribution in [0.3, 0.4) is 0 Å². The first-order chi connectivity index (χ1) is 11.6. The molecule has 1 aliphatic heterocycles. The minimum absolute atomic E-state index is 0.0192. The molecule has 4 saturated carbocycles. The summed E-state index contributed by atoms with van der Waals surface area (Å²) in [6.07, 6.45) is 7.05. The lowest BCUT2D eigenvalue weighted by Crippen LogP contribution is -2.54. The predicted molar refractivity (Wildman–Crippen MR) is 91.3 cm³/mol. The summed E-state index contributed by atoms with van der Waals surface area (Å²) in [6.45, 7) is 0. The third-order valence-electron chi connectivity index (χ3n) is 6.98. The summed E-state index contributed by atoms with van der Waals surface area (Å²) in [7, 11) is 1.79. The summed E-state index contributed by atoms with van der Waals surface area (Å²) in [5.41, 5.74) is 1.65. The van der Waals surface area contributed by atoms with Gasteiger partial charge in [0.1, 0.15) is 6.04 Å². The van der Waals surface area contributed by atoms with E-state index in [0.29, 0.717) is 0 Å². The van der Waals surface area contributed by atoms with Crippen molar-refractivity contribution in [3.63, 3.8) is 0 Å². The minimum atomic E-state index is -0.508. The van der Waals surface area contributed by atoms with Crippen LogP contribution in [0.5, 0.6) is 0 Å². The van der Waals surface area contributed by atoms with E-state index in [2.05, 4.69) is 5.32 Å². The Morgan fingerprint density at radius 1 is 1.08 bits per heavy atom. The van der Waals surface area contributed by atoms with Gasteiger partial charge in [-0.1, -0.05) is 18.2 Å². The van der Waals surface area contributed by atoms with E-state index in [1.54, 1.807) is 11.9 Å². The number of fused-ring (bicyclic) bond motifs is 1. The van der Waals surface area contributed by atoms with Gasteiger partial charge in [-0.15, -0.1) is 0 Å². The summed E-state index contributed by atoms with van der Waals surface area (Å²) >= 11 is 0. The number of hydrogen-bond acceptors (Lipinski definition) is 2. The first-order valence-electron chi connectivity index (χ1n) is 9.23. The molecule has 4 aliphatic carbocycles. The molecule has 1 heterocycles. The van der Waals surface area contributed by atoms with Crippen LogP contribution in [-0.2, 0) is 9.59 Å². The highest BCUT2D eigenvalue weighted by molar-refractivity contribution is 6.06. The SMILES string of the molecule is CN1C(=O)[C@H](NC(=O)C23CC4CC(CC(C4)C2)C3)c2ccccc21. The van der Waals surface area contributed by atoms with Crippen LogP contribution in [0.1, 0.15) is 50.1 Å². The molecule has 5 aliphatic rings. The van der Waals surface area contributed by atoms with Gasteiger partial charge in [0.2, 0.25) is 5.91 Å². The van der Waals surface area contributed by atoms with Crippen LogP contribution in [0.25, 0.3) is 0 Å². The molecule has 1 aromatic carbocycles. The Kier molecular flexibility index (Phi) is 2.92. The Morgan fingerprint density at radius 2 is 1.67 bits per heavy atom. The van der Waals surface area contributed by atoms with Crippen LogP contribution in [0, 0.1) is 23.2 Å². The highest BCUT2D eigenvalue weighted by Crippen LogP contribution is 2.60. The highest BCUT2D eigenvalue weighted by atomic mass is 16.2. The number of likely N-dealkylation sites (N-methyl/N-ethyl adjacent to an activating group) is 1. The van der Waals surface area contributed by atoms with Crippen LogP contribution in [0.15, 0.2) is 24.3 Å². The average Bonchev–Trinajstić information content (AvgIpc) is 2.79. The van der Waals surface area contributed by atoms with Gasteiger partial charge < -0.3 is 10.2 Å². The molecule has 6 rings (SSSR count). The highest BCUT2D eigenvalue weighted by Gasteiger charge is 2.55. The van der Waals surface area contributed by atoms with Crippen molar-refractivity contribution in [1.29, 1.82) is 0 Å². The molecule has 4 bridgehead atoms. The molecule has 0 radical (unpaired) electrons. The zero-order valence-electron chi connectivity index (χ0n) is 14.1. The number of amides is 2. The maximum absolute atomic E-state index is 13.2. The molecule has 24 heavy (non-hydrogen) atoms. The minimum Gasteiger partial charge on any atom is -0.340 e. The van der Waals surface area contributed by atoms with Gasteiger partial charge in [0.25, 0.3) is 5.91 Å². The number of nitrogens with zero attached hydrogens (tertiary/aromatic N) is 1. The van der Waals surface area contributed by atoms with Crippen molar-refractivity contribution in [2.75, 3.05) is 11.9 Å². The second-order valence-corrected chi connectivity index (χ2v) is 8.56. The molecular weight excluding hydrogens is 300 g/mol. The molecule has 4 fully saturated rings. The van der Waals surface area contributed by atoms with E-state index in [0.717, 1.165) is 48.3 Å². The van der Waals surface area contributed by atoms with E-state index in [-0.39, 0.29) is 17.2 Å². The van der Waals surface area contributed by atoms with Gasteiger partial charge in [-0.25, -0.2) is 0 Å². The number of hydrogen-bond donors (Lipinski definition) is 1. The smallest absolute Gasteiger partial charge is 0.254 e. The quantitative estimate of drug-likeness (QED) is 0.909. The van der Waals surface area contributed by atoms with Crippen molar-refractivity contribution >= 4 is 17.5 Å². The number of carbonyl (C=O) groups is 2. The Balaban J connectivity index is 1.42. The van der Waals surface area contributed by atoms with E-state index in [9.17, 15) is 9.59 Å². The molecule has 0 unspecified atom stereocenters. The zero-order valence-corrected chi connectivity index (χ0v) is 14.1. The van der Waals surface area contributed by atoms with Crippen LogP contribution >= 0.6 is 0 Å². The number of carbonyl (C=O) groups excluding carboxylic acids is 2. The van der Waals surface area contributed by atoms with E-state index >= 15 is 0 Å². The Bertz CT molecular complexity index is 691. The number of benzene rings is 1. The van der Waals surface area contributed by atoms with Crippen molar-refractivity contribution in [3.05, 3.63) is 29.8 Å². The fourth-order valence-corrected chi connectivity index (χ4v) is 6.29. The lowest BCUT2D eigenvalue weighted by molar-refractivity contribution is -0.148. The summed E-state index contributed by atoms with van der Waals surface area (Å²) in [6, 6.07) is 7.28. The largest absolute Gasteiger partial charge is 0.340 e. The van der Waals surface area contributed by atoms with Crippen LogP contribution in [-0.4, -0.2) is 18.9 Å². The zero-order chi connectivity index (χ0) is 16.5. The van der Waals surface area contributed by atoms with E-state index in [1.165, 1.54) is 19.3 Å². The predicted octanol–water partition coefficient (Wildman–Crippen LogP) is 3.04. The topological polar surface area (TPSA) is 49.4 Å². The van der Waals surface area contributed by atoms with Crippen LogP contribution in [0.4, 0.5) is 5.69 Å². The van der Waals surface area contributed by atoms with Crippen LogP contribution in [0.2, 0.25) is 0 Å². The van der Waals surface area contributed by atoms with Gasteiger partial charge in [-0.2, -0.15) is 0 Å².